The molecule has 15 heavy (non-hydrogen) atoms. The summed E-state index contributed by atoms with van der Waals surface area (Å²) in [6, 6.07) is 3.69. The summed E-state index contributed by atoms with van der Waals surface area (Å²) in [6.45, 7) is 1.31. The van der Waals surface area contributed by atoms with E-state index in [1.165, 1.54) is 0 Å². The third kappa shape index (κ3) is 2.26. The van der Waals surface area contributed by atoms with Gasteiger partial charge in [-0.3, -0.25) is 0 Å². The summed E-state index contributed by atoms with van der Waals surface area (Å²) in [5.74, 6) is 0.529. The molecule has 2 atom stereocenters. The Morgan fingerprint density at radius 3 is 3.20 bits per heavy atom. The van der Waals surface area contributed by atoms with Gasteiger partial charge in [-0.1, -0.05) is 0 Å². The predicted molar refractivity (Wildman–Crippen MR) is 55.9 cm³/mol. The van der Waals surface area contributed by atoms with Crippen molar-refractivity contribution in [1.29, 1.82) is 0 Å². The van der Waals surface area contributed by atoms with Gasteiger partial charge in [-0.15, -0.1) is 0 Å². The number of rotatable bonds is 2. The summed E-state index contributed by atoms with van der Waals surface area (Å²) >= 11 is 0. The van der Waals surface area contributed by atoms with E-state index in [0.717, 1.165) is 18.5 Å². The van der Waals surface area contributed by atoms with Crippen LogP contribution in [0.5, 0.6) is 5.88 Å². The van der Waals surface area contributed by atoms with E-state index in [1.54, 1.807) is 13.3 Å². The number of methoxy groups -OCH3 is 1. The molecule has 1 saturated heterocycles. The molecule has 0 radical (unpaired) electrons. The first-order valence-corrected chi connectivity index (χ1v) is 5.16. The second-order valence-electron chi connectivity index (χ2n) is 3.75. The van der Waals surface area contributed by atoms with Gasteiger partial charge in [-0.05, 0) is 24.6 Å². The van der Waals surface area contributed by atoms with Gasteiger partial charge in [-0.2, -0.15) is 0 Å². The van der Waals surface area contributed by atoms with Gasteiger partial charge in [-0.25, -0.2) is 9.37 Å². The second-order valence-corrected chi connectivity index (χ2v) is 3.75. The molecular formula is C11H15FN2O. The van der Waals surface area contributed by atoms with Crippen molar-refractivity contribution in [2.75, 3.05) is 20.2 Å². The SMILES string of the molecule is COc1cc(C2CCNCC2F)ccn1. The number of hydrogen-bond acceptors (Lipinski definition) is 3. The topological polar surface area (TPSA) is 34.1 Å². The first-order valence-electron chi connectivity index (χ1n) is 5.16. The lowest BCUT2D eigenvalue weighted by molar-refractivity contribution is 0.231. The molecule has 1 fully saturated rings. The van der Waals surface area contributed by atoms with Crippen LogP contribution in [-0.2, 0) is 0 Å². The highest BCUT2D eigenvalue weighted by molar-refractivity contribution is 5.25. The van der Waals surface area contributed by atoms with Crippen molar-refractivity contribution in [2.45, 2.75) is 18.5 Å². The molecule has 82 valence electrons. The number of nitrogens with zero attached hydrogens (tertiary/aromatic N) is 1. The molecule has 1 aromatic rings. The van der Waals surface area contributed by atoms with E-state index in [-0.39, 0.29) is 5.92 Å². The predicted octanol–water partition coefficient (Wildman–Crippen LogP) is 1.51. The fourth-order valence-corrected chi connectivity index (χ4v) is 1.96. The van der Waals surface area contributed by atoms with Crippen LogP contribution in [0.1, 0.15) is 17.9 Å². The first kappa shape index (κ1) is 10.4. The zero-order valence-electron chi connectivity index (χ0n) is 8.74. The Kier molecular flexibility index (Phi) is 3.16. The number of aromatic nitrogens is 1. The summed E-state index contributed by atoms with van der Waals surface area (Å²) in [5.41, 5.74) is 0.982. The molecule has 1 aliphatic heterocycles. The van der Waals surface area contributed by atoms with Crippen LogP contribution in [0.25, 0.3) is 0 Å². The molecular weight excluding hydrogens is 195 g/mol. The molecule has 2 heterocycles. The van der Waals surface area contributed by atoms with Crippen molar-refractivity contribution in [3.63, 3.8) is 0 Å². The largest absolute Gasteiger partial charge is 0.481 e. The molecule has 0 aromatic carbocycles. The maximum absolute atomic E-state index is 13.6. The zero-order chi connectivity index (χ0) is 10.7. The van der Waals surface area contributed by atoms with Gasteiger partial charge in [0, 0.05) is 24.7 Å². The van der Waals surface area contributed by atoms with Crippen LogP contribution in [0.4, 0.5) is 4.39 Å². The van der Waals surface area contributed by atoms with Crippen LogP contribution in [0.2, 0.25) is 0 Å². The van der Waals surface area contributed by atoms with E-state index in [0.29, 0.717) is 12.4 Å². The van der Waals surface area contributed by atoms with Crippen LogP contribution in [0.3, 0.4) is 0 Å². The van der Waals surface area contributed by atoms with E-state index in [9.17, 15) is 4.39 Å². The molecule has 1 N–H and O–H groups in total. The standard InChI is InChI=1S/C11H15FN2O/c1-15-11-6-8(2-5-14-11)9-3-4-13-7-10(9)12/h2,5-6,9-10,13H,3-4,7H2,1H3. The number of alkyl halides is 1. The van der Waals surface area contributed by atoms with Crippen LogP contribution < -0.4 is 10.1 Å². The van der Waals surface area contributed by atoms with E-state index in [1.807, 2.05) is 12.1 Å². The van der Waals surface area contributed by atoms with Gasteiger partial charge in [0.2, 0.25) is 5.88 Å². The third-order valence-corrected chi connectivity index (χ3v) is 2.80. The lowest BCUT2D eigenvalue weighted by Gasteiger charge is -2.26. The van der Waals surface area contributed by atoms with E-state index < -0.39 is 6.17 Å². The normalized spacial score (nSPS) is 26.3. The lowest BCUT2D eigenvalue weighted by Crippen LogP contribution is -2.36. The number of pyridine rings is 1. The number of ether oxygens (including phenoxy) is 1. The molecule has 0 amide bonds. The average molecular weight is 210 g/mol. The molecule has 2 rings (SSSR count). The molecule has 3 nitrogen and oxygen atoms in total. The molecule has 1 aliphatic rings. The van der Waals surface area contributed by atoms with Crippen molar-refractivity contribution in [3.8, 4) is 5.88 Å². The molecule has 2 unspecified atom stereocenters. The molecule has 0 bridgehead atoms. The second kappa shape index (κ2) is 4.57. The van der Waals surface area contributed by atoms with Gasteiger partial charge < -0.3 is 10.1 Å². The summed E-state index contributed by atoms with van der Waals surface area (Å²) < 4.78 is 18.7. The van der Waals surface area contributed by atoms with Crippen molar-refractivity contribution in [2.24, 2.45) is 0 Å². The number of hydrogen-bond donors (Lipinski definition) is 1. The Morgan fingerprint density at radius 2 is 2.47 bits per heavy atom. The fraction of sp³-hybridized carbons (Fsp3) is 0.545. The van der Waals surface area contributed by atoms with Gasteiger partial charge in [0.05, 0.1) is 7.11 Å². The third-order valence-electron chi connectivity index (χ3n) is 2.80. The highest BCUT2D eigenvalue weighted by atomic mass is 19.1. The average Bonchev–Trinajstić information content (AvgIpc) is 2.30. The Bertz CT molecular complexity index is 332. The Morgan fingerprint density at radius 1 is 1.60 bits per heavy atom. The van der Waals surface area contributed by atoms with Crippen molar-refractivity contribution < 1.29 is 9.13 Å². The Labute approximate surface area is 88.7 Å². The minimum Gasteiger partial charge on any atom is -0.481 e. The number of halogens is 1. The van der Waals surface area contributed by atoms with Crippen LogP contribution in [-0.4, -0.2) is 31.4 Å². The quantitative estimate of drug-likeness (QED) is 0.803. The van der Waals surface area contributed by atoms with Gasteiger partial charge in [0.1, 0.15) is 6.17 Å². The van der Waals surface area contributed by atoms with Crippen molar-refractivity contribution >= 4 is 0 Å². The first-order chi connectivity index (χ1) is 7.31. The number of piperidine rings is 1. The summed E-state index contributed by atoms with van der Waals surface area (Å²) in [5, 5.41) is 3.04. The minimum absolute atomic E-state index is 0.0249. The smallest absolute Gasteiger partial charge is 0.213 e. The van der Waals surface area contributed by atoms with Crippen LogP contribution in [0.15, 0.2) is 18.3 Å². The minimum atomic E-state index is -0.814. The Hall–Kier alpha value is -1.16. The van der Waals surface area contributed by atoms with Gasteiger partial charge in [0.15, 0.2) is 0 Å². The molecule has 4 heteroatoms. The van der Waals surface area contributed by atoms with Crippen molar-refractivity contribution in [3.05, 3.63) is 23.9 Å². The highest BCUT2D eigenvalue weighted by Crippen LogP contribution is 2.28. The van der Waals surface area contributed by atoms with Crippen LogP contribution >= 0.6 is 0 Å². The van der Waals surface area contributed by atoms with Crippen LogP contribution in [0, 0.1) is 0 Å². The highest BCUT2D eigenvalue weighted by Gasteiger charge is 2.26. The van der Waals surface area contributed by atoms with E-state index >= 15 is 0 Å². The fourth-order valence-electron chi connectivity index (χ4n) is 1.96. The maximum Gasteiger partial charge on any atom is 0.213 e. The molecule has 0 aliphatic carbocycles. The van der Waals surface area contributed by atoms with E-state index in [4.69, 9.17) is 4.74 Å². The van der Waals surface area contributed by atoms with Gasteiger partial charge >= 0.3 is 0 Å². The van der Waals surface area contributed by atoms with E-state index in [2.05, 4.69) is 10.3 Å². The summed E-state index contributed by atoms with van der Waals surface area (Å²) in [4.78, 5) is 4.02. The summed E-state index contributed by atoms with van der Waals surface area (Å²) in [7, 11) is 1.57. The maximum atomic E-state index is 13.6. The zero-order valence-corrected chi connectivity index (χ0v) is 8.74. The summed E-state index contributed by atoms with van der Waals surface area (Å²) in [6.07, 6.45) is 1.68. The van der Waals surface area contributed by atoms with Gasteiger partial charge in [0.25, 0.3) is 0 Å². The Balaban J connectivity index is 2.19. The molecule has 0 saturated carbocycles. The molecule has 1 aromatic heterocycles. The van der Waals surface area contributed by atoms with Crippen molar-refractivity contribution in [1.82, 2.24) is 10.3 Å². The number of nitrogens with one attached hydrogen (secondary N) is 1. The molecule has 0 spiro atoms. The lowest BCUT2D eigenvalue weighted by atomic mass is 9.89. The monoisotopic (exact) mass is 210 g/mol.